The van der Waals surface area contributed by atoms with Crippen molar-refractivity contribution < 1.29 is 14.6 Å². The Hall–Kier alpha value is -1.46. The smallest absolute Gasteiger partial charge is 0.320 e. The van der Waals surface area contributed by atoms with Crippen molar-refractivity contribution in [3.05, 3.63) is 29.1 Å². The summed E-state index contributed by atoms with van der Waals surface area (Å²) in [5.74, 6) is -0.645. The fraction of sp³-hybridized carbons (Fsp3) is 0.667. The number of aryl methyl sites for hydroxylation is 2. The normalized spacial score (nSPS) is 25.1. The van der Waals surface area contributed by atoms with E-state index in [-0.39, 0.29) is 12.0 Å². The largest absolute Gasteiger partial charge is 0.480 e. The van der Waals surface area contributed by atoms with Crippen molar-refractivity contribution in [1.29, 1.82) is 0 Å². The van der Waals surface area contributed by atoms with E-state index in [1.54, 1.807) is 7.11 Å². The molecule has 1 aromatic rings. The third-order valence-corrected chi connectivity index (χ3v) is 5.23. The highest BCUT2D eigenvalue weighted by Gasteiger charge is 2.32. The van der Waals surface area contributed by atoms with Crippen molar-refractivity contribution >= 4 is 5.97 Å². The minimum atomic E-state index is -0.770. The molecule has 0 amide bonds. The summed E-state index contributed by atoms with van der Waals surface area (Å²) >= 11 is 0. The van der Waals surface area contributed by atoms with Crippen molar-refractivity contribution in [2.45, 2.75) is 63.6 Å². The Morgan fingerprint density at radius 1 is 1.39 bits per heavy atom. The lowest BCUT2D eigenvalue weighted by Crippen LogP contribution is -2.45. The van der Waals surface area contributed by atoms with Gasteiger partial charge in [0.2, 0.25) is 0 Å². The first kappa shape index (κ1) is 16.4. The Morgan fingerprint density at radius 2 is 2.26 bits per heavy atom. The highest BCUT2D eigenvalue weighted by molar-refractivity contribution is 5.73. The molecule has 3 rings (SSSR count). The molecule has 0 saturated heterocycles. The summed E-state index contributed by atoms with van der Waals surface area (Å²) in [4.78, 5) is 16.4. The number of ether oxygens (including phenoxy) is 1. The first-order chi connectivity index (χ1) is 11.2. The number of carbonyl (C=O) groups is 1. The number of carboxylic acids is 1. The third-order valence-electron chi connectivity index (χ3n) is 5.23. The van der Waals surface area contributed by atoms with Crippen molar-refractivity contribution in [2.24, 2.45) is 5.92 Å². The van der Waals surface area contributed by atoms with Crippen LogP contribution >= 0.6 is 0 Å². The molecule has 1 heterocycles. The molecular formula is C18H26N2O3. The van der Waals surface area contributed by atoms with E-state index in [1.807, 2.05) is 6.07 Å². The molecule has 0 radical (unpaired) electrons. The molecule has 3 atom stereocenters. The molecule has 23 heavy (non-hydrogen) atoms. The van der Waals surface area contributed by atoms with Gasteiger partial charge in [-0.1, -0.05) is 12.5 Å². The van der Waals surface area contributed by atoms with Crippen LogP contribution in [0.5, 0.6) is 0 Å². The maximum Gasteiger partial charge on any atom is 0.320 e. The number of fused-ring (bicyclic) bond motifs is 1. The summed E-state index contributed by atoms with van der Waals surface area (Å²) in [6, 6.07) is 3.64. The van der Waals surface area contributed by atoms with Gasteiger partial charge in [-0.25, -0.2) is 0 Å². The number of carboxylic acid groups (broad SMARTS) is 1. The van der Waals surface area contributed by atoms with Crippen LogP contribution in [0.3, 0.4) is 0 Å². The zero-order valence-corrected chi connectivity index (χ0v) is 13.8. The van der Waals surface area contributed by atoms with Gasteiger partial charge in [-0.15, -0.1) is 0 Å². The van der Waals surface area contributed by atoms with Crippen LogP contribution < -0.4 is 5.32 Å². The van der Waals surface area contributed by atoms with Gasteiger partial charge in [-0.3, -0.25) is 15.1 Å². The second kappa shape index (κ2) is 7.41. The Balaban J connectivity index is 1.62. The van der Waals surface area contributed by atoms with Gasteiger partial charge in [0.15, 0.2) is 0 Å². The highest BCUT2D eigenvalue weighted by atomic mass is 16.5. The van der Waals surface area contributed by atoms with E-state index in [1.165, 1.54) is 17.7 Å². The van der Waals surface area contributed by atoms with Crippen LogP contribution in [0, 0.1) is 5.92 Å². The Kier molecular flexibility index (Phi) is 5.28. The third kappa shape index (κ3) is 3.90. The quantitative estimate of drug-likeness (QED) is 0.842. The fourth-order valence-corrected chi connectivity index (χ4v) is 3.93. The number of hydrogen-bond donors (Lipinski definition) is 2. The number of pyridine rings is 1. The summed E-state index contributed by atoms with van der Waals surface area (Å²) in [6.45, 7) is 0.512. The Labute approximate surface area is 137 Å². The molecule has 1 saturated carbocycles. The Morgan fingerprint density at radius 3 is 3.04 bits per heavy atom. The first-order valence-corrected chi connectivity index (χ1v) is 8.64. The van der Waals surface area contributed by atoms with Crippen LogP contribution in [0.1, 0.15) is 49.1 Å². The number of nitrogens with one attached hydrogen (secondary N) is 1. The van der Waals surface area contributed by atoms with E-state index in [0.717, 1.165) is 44.2 Å². The summed E-state index contributed by atoms with van der Waals surface area (Å²) in [5, 5.41) is 12.8. The second-order valence-corrected chi connectivity index (χ2v) is 6.74. The molecular weight excluding hydrogens is 292 g/mol. The number of aromatic nitrogens is 1. The molecule has 1 aromatic heterocycles. The average molecular weight is 318 g/mol. The molecule has 0 aromatic carbocycles. The standard InChI is InChI=1S/C18H26N2O3/c1-23-15-6-2-5-13(10-15)17(18(21)22)19-11-14-9-8-12-4-3-7-16(12)20-14/h8-9,13,15,17,19H,2-7,10-11H2,1H3,(H,21,22). The second-order valence-electron chi connectivity index (χ2n) is 6.74. The number of methoxy groups -OCH3 is 1. The van der Waals surface area contributed by atoms with Gasteiger partial charge in [0.25, 0.3) is 0 Å². The van der Waals surface area contributed by atoms with Crippen LogP contribution in [-0.4, -0.2) is 35.3 Å². The maximum atomic E-state index is 11.7. The Bertz CT molecular complexity index is 561. The molecule has 2 aliphatic rings. The lowest BCUT2D eigenvalue weighted by molar-refractivity contribution is -0.141. The fourth-order valence-electron chi connectivity index (χ4n) is 3.93. The average Bonchev–Trinajstić information content (AvgIpc) is 3.02. The number of aliphatic carboxylic acids is 1. The van der Waals surface area contributed by atoms with Gasteiger partial charge in [0.1, 0.15) is 6.04 Å². The molecule has 126 valence electrons. The molecule has 5 heteroatoms. The van der Waals surface area contributed by atoms with Gasteiger partial charge < -0.3 is 9.84 Å². The lowest BCUT2D eigenvalue weighted by atomic mass is 9.82. The van der Waals surface area contributed by atoms with E-state index < -0.39 is 12.0 Å². The monoisotopic (exact) mass is 318 g/mol. The predicted molar refractivity (Wildman–Crippen MR) is 87.3 cm³/mol. The molecule has 2 aliphatic carbocycles. The molecule has 3 unspecified atom stereocenters. The molecule has 0 bridgehead atoms. The molecule has 5 nitrogen and oxygen atoms in total. The first-order valence-electron chi connectivity index (χ1n) is 8.64. The van der Waals surface area contributed by atoms with E-state index in [4.69, 9.17) is 4.74 Å². The van der Waals surface area contributed by atoms with E-state index in [9.17, 15) is 9.90 Å². The number of rotatable bonds is 6. The van der Waals surface area contributed by atoms with Crippen molar-refractivity contribution in [2.75, 3.05) is 7.11 Å². The topological polar surface area (TPSA) is 71.5 Å². The van der Waals surface area contributed by atoms with Gasteiger partial charge in [-0.05, 0) is 56.1 Å². The maximum absolute atomic E-state index is 11.7. The van der Waals surface area contributed by atoms with Crippen LogP contribution in [-0.2, 0) is 28.9 Å². The summed E-state index contributed by atoms with van der Waals surface area (Å²) in [5.41, 5.74) is 3.48. The van der Waals surface area contributed by atoms with Crippen LogP contribution in [0.4, 0.5) is 0 Å². The zero-order valence-electron chi connectivity index (χ0n) is 13.8. The highest BCUT2D eigenvalue weighted by Crippen LogP contribution is 2.29. The van der Waals surface area contributed by atoms with E-state index >= 15 is 0 Å². The van der Waals surface area contributed by atoms with Crippen molar-refractivity contribution in [3.63, 3.8) is 0 Å². The number of hydrogen-bond acceptors (Lipinski definition) is 4. The summed E-state index contributed by atoms with van der Waals surface area (Å²) in [7, 11) is 1.71. The molecule has 1 fully saturated rings. The molecule has 0 spiro atoms. The van der Waals surface area contributed by atoms with Gasteiger partial charge in [0.05, 0.1) is 11.8 Å². The number of nitrogens with zero attached hydrogens (tertiary/aromatic N) is 1. The molecule has 0 aliphatic heterocycles. The minimum Gasteiger partial charge on any atom is -0.480 e. The van der Waals surface area contributed by atoms with Crippen molar-refractivity contribution in [3.8, 4) is 0 Å². The van der Waals surface area contributed by atoms with E-state index in [2.05, 4.69) is 16.4 Å². The van der Waals surface area contributed by atoms with Crippen LogP contribution in [0.15, 0.2) is 12.1 Å². The van der Waals surface area contributed by atoms with Gasteiger partial charge >= 0.3 is 5.97 Å². The van der Waals surface area contributed by atoms with Crippen molar-refractivity contribution in [1.82, 2.24) is 10.3 Å². The van der Waals surface area contributed by atoms with E-state index in [0.29, 0.717) is 6.54 Å². The zero-order chi connectivity index (χ0) is 16.2. The SMILES string of the molecule is COC1CCCC(C(NCc2ccc3c(n2)CCC3)C(=O)O)C1. The summed E-state index contributed by atoms with van der Waals surface area (Å²) in [6.07, 6.45) is 7.36. The lowest BCUT2D eigenvalue weighted by Gasteiger charge is -2.32. The predicted octanol–water partition coefficient (Wildman–Crippen LogP) is 2.32. The van der Waals surface area contributed by atoms with Gasteiger partial charge in [0, 0.05) is 19.3 Å². The minimum absolute atomic E-state index is 0.126. The van der Waals surface area contributed by atoms with Crippen LogP contribution in [0.2, 0.25) is 0 Å². The molecule has 2 N–H and O–H groups in total. The summed E-state index contributed by atoms with van der Waals surface area (Å²) < 4.78 is 5.43. The van der Waals surface area contributed by atoms with Gasteiger partial charge in [-0.2, -0.15) is 0 Å². The van der Waals surface area contributed by atoms with Crippen LogP contribution in [0.25, 0.3) is 0 Å².